The molecule has 0 aliphatic heterocycles. The summed E-state index contributed by atoms with van der Waals surface area (Å²) in [5.41, 5.74) is 3.84. The van der Waals surface area contributed by atoms with E-state index < -0.39 is 6.16 Å². The van der Waals surface area contributed by atoms with E-state index in [0.717, 1.165) is 11.1 Å². The monoisotopic (exact) mass is 446 g/mol. The smallest absolute Gasteiger partial charge is 0.434 e. The maximum atomic E-state index is 12.5. The van der Waals surface area contributed by atoms with E-state index >= 15 is 0 Å². The largest absolute Gasteiger partial charge is 0.513 e. The number of nitrogens with one attached hydrogen (secondary N) is 2. The third-order valence-electron chi connectivity index (χ3n) is 4.87. The van der Waals surface area contributed by atoms with Crippen LogP contribution >= 0.6 is 0 Å². The number of ether oxygens (including phenoxy) is 2. The van der Waals surface area contributed by atoms with Crippen LogP contribution in [-0.4, -0.2) is 24.6 Å². The first-order chi connectivity index (χ1) is 15.9. The molecule has 0 saturated carbocycles. The van der Waals surface area contributed by atoms with Crippen molar-refractivity contribution < 1.29 is 23.9 Å². The molecule has 0 aliphatic carbocycles. The summed E-state index contributed by atoms with van der Waals surface area (Å²) in [5.74, 6) is -0.153. The van der Waals surface area contributed by atoms with E-state index in [1.807, 2.05) is 31.2 Å². The van der Waals surface area contributed by atoms with Crippen molar-refractivity contribution in [2.45, 2.75) is 26.7 Å². The Kier molecular flexibility index (Phi) is 8.18. The number of rotatable bonds is 8. The molecule has 2 amide bonds. The lowest BCUT2D eigenvalue weighted by molar-refractivity contribution is -0.116. The minimum absolute atomic E-state index is 0.0982. The molecule has 0 fully saturated rings. The molecule has 0 atom stereocenters. The Labute approximate surface area is 192 Å². The first-order valence-electron chi connectivity index (χ1n) is 10.6. The summed E-state index contributed by atoms with van der Waals surface area (Å²) >= 11 is 0. The van der Waals surface area contributed by atoms with Crippen LogP contribution in [0.15, 0.2) is 72.8 Å². The van der Waals surface area contributed by atoms with E-state index in [-0.39, 0.29) is 24.2 Å². The van der Waals surface area contributed by atoms with Gasteiger partial charge in [-0.15, -0.1) is 0 Å². The fraction of sp³-hybridized carbons (Fsp3) is 0.192. The zero-order chi connectivity index (χ0) is 23.6. The lowest BCUT2D eigenvalue weighted by Gasteiger charge is -2.10. The minimum atomic E-state index is -0.799. The maximum Gasteiger partial charge on any atom is 0.513 e. The first-order valence-corrected chi connectivity index (χ1v) is 10.6. The summed E-state index contributed by atoms with van der Waals surface area (Å²) in [6, 6.07) is 21.1. The Morgan fingerprint density at radius 2 is 1.55 bits per heavy atom. The molecule has 3 aromatic carbocycles. The van der Waals surface area contributed by atoms with Gasteiger partial charge in [0.25, 0.3) is 5.91 Å². The van der Waals surface area contributed by atoms with Crippen molar-refractivity contribution in [3.63, 3.8) is 0 Å². The second-order valence-corrected chi connectivity index (χ2v) is 7.32. The third kappa shape index (κ3) is 7.21. The Hall–Kier alpha value is -4.13. The molecule has 0 aromatic heterocycles. The van der Waals surface area contributed by atoms with E-state index in [4.69, 9.17) is 9.47 Å². The molecule has 3 aromatic rings. The predicted molar refractivity (Wildman–Crippen MR) is 127 cm³/mol. The van der Waals surface area contributed by atoms with Crippen LogP contribution in [-0.2, 0) is 16.0 Å². The molecule has 0 unspecified atom stereocenters. The number of anilines is 2. The average molecular weight is 447 g/mol. The van der Waals surface area contributed by atoms with E-state index in [2.05, 4.69) is 10.6 Å². The van der Waals surface area contributed by atoms with E-state index in [9.17, 15) is 14.4 Å². The summed E-state index contributed by atoms with van der Waals surface area (Å²) in [5, 5.41) is 5.67. The number of benzene rings is 3. The van der Waals surface area contributed by atoms with Crippen LogP contribution in [0.5, 0.6) is 5.75 Å². The molecule has 33 heavy (non-hydrogen) atoms. The van der Waals surface area contributed by atoms with Gasteiger partial charge < -0.3 is 20.1 Å². The van der Waals surface area contributed by atoms with E-state index in [1.165, 1.54) is 12.1 Å². The van der Waals surface area contributed by atoms with Gasteiger partial charge in [0.05, 0.1) is 6.61 Å². The van der Waals surface area contributed by atoms with Crippen LogP contribution in [0.1, 0.15) is 34.8 Å². The number of carbonyl (C=O) groups is 3. The first kappa shape index (κ1) is 23.5. The average Bonchev–Trinajstić information content (AvgIpc) is 2.79. The van der Waals surface area contributed by atoms with Crippen LogP contribution in [0, 0.1) is 6.92 Å². The van der Waals surface area contributed by atoms with Crippen LogP contribution in [0.4, 0.5) is 16.2 Å². The van der Waals surface area contributed by atoms with Gasteiger partial charge in [-0.3, -0.25) is 9.59 Å². The van der Waals surface area contributed by atoms with Gasteiger partial charge in [-0.2, -0.15) is 0 Å². The predicted octanol–water partition coefficient (Wildman–Crippen LogP) is 5.35. The van der Waals surface area contributed by atoms with Crippen molar-refractivity contribution in [3.8, 4) is 5.75 Å². The summed E-state index contributed by atoms with van der Waals surface area (Å²) in [4.78, 5) is 36.3. The van der Waals surface area contributed by atoms with Crippen LogP contribution < -0.4 is 15.4 Å². The SMILES string of the molecule is CCOC(=O)Oc1ccc(C(=O)Nc2cccc(NC(=O)CCc3ccccc3C)c2)cc1. The zero-order valence-corrected chi connectivity index (χ0v) is 18.6. The molecule has 0 saturated heterocycles. The number of aryl methyl sites for hydroxylation is 2. The molecule has 7 heteroatoms. The van der Waals surface area contributed by atoms with Crippen molar-refractivity contribution >= 4 is 29.3 Å². The third-order valence-corrected chi connectivity index (χ3v) is 4.87. The number of carbonyl (C=O) groups excluding carboxylic acids is 3. The van der Waals surface area contributed by atoms with Gasteiger partial charge in [-0.05, 0) is 73.9 Å². The maximum absolute atomic E-state index is 12.5. The molecule has 2 N–H and O–H groups in total. The molecule has 0 heterocycles. The van der Waals surface area contributed by atoms with Gasteiger partial charge in [0.1, 0.15) is 5.75 Å². The van der Waals surface area contributed by atoms with Gasteiger partial charge in [-0.25, -0.2) is 4.79 Å². The van der Waals surface area contributed by atoms with Gasteiger partial charge in [0.15, 0.2) is 0 Å². The normalized spacial score (nSPS) is 10.2. The zero-order valence-electron chi connectivity index (χ0n) is 18.6. The van der Waals surface area contributed by atoms with Gasteiger partial charge in [0.2, 0.25) is 5.91 Å². The second kappa shape index (κ2) is 11.5. The molecule has 0 radical (unpaired) electrons. The highest BCUT2D eigenvalue weighted by atomic mass is 16.7. The Morgan fingerprint density at radius 3 is 2.24 bits per heavy atom. The molecule has 0 aliphatic rings. The van der Waals surface area contributed by atoms with Crippen molar-refractivity contribution in [2.75, 3.05) is 17.2 Å². The molecular formula is C26H26N2O5. The molecule has 170 valence electrons. The van der Waals surface area contributed by atoms with Crippen molar-refractivity contribution in [1.82, 2.24) is 0 Å². The van der Waals surface area contributed by atoms with Crippen LogP contribution in [0.3, 0.4) is 0 Å². The Balaban J connectivity index is 1.54. The lowest BCUT2D eigenvalue weighted by atomic mass is 10.0. The highest BCUT2D eigenvalue weighted by molar-refractivity contribution is 6.04. The van der Waals surface area contributed by atoms with E-state index in [0.29, 0.717) is 29.8 Å². The number of amides is 2. The van der Waals surface area contributed by atoms with E-state index in [1.54, 1.807) is 43.3 Å². The minimum Gasteiger partial charge on any atom is -0.434 e. The Morgan fingerprint density at radius 1 is 0.848 bits per heavy atom. The Bertz CT molecular complexity index is 1130. The fourth-order valence-electron chi connectivity index (χ4n) is 3.16. The van der Waals surface area contributed by atoms with Crippen molar-refractivity contribution in [2.24, 2.45) is 0 Å². The van der Waals surface area contributed by atoms with Crippen LogP contribution in [0.2, 0.25) is 0 Å². The molecule has 7 nitrogen and oxygen atoms in total. The number of hydrogen-bond acceptors (Lipinski definition) is 5. The summed E-state index contributed by atoms with van der Waals surface area (Å²) in [6.07, 6.45) is 0.222. The van der Waals surface area contributed by atoms with Crippen molar-refractivity contribution in [1.29, 1.82) is 0 Å². The number of hydrogen-bond donors (Lipinski definition) is 2. The van der Waals surface area contributed by atoms with Crippen molar-refractivity contribution in [3.05, 3.63) is 89.5 Å². The quantitative estimate of drug-likeness (QED) is 0.359. The molecule has 3 rings (SSSR count). The lowest BCUT2D eigenvalue weighted by Crippen LogP contribution is -2.14. The fourth-order valence-corrected chi connectivity index (χ4v) is 3.16. The topological polar surface area (TPSA) is 93.7 Å². The highest BCUT2D eigenvalue weighted by Gasteiger charge is 2.10. The van der Waals surface area contributed by atoms with Gasteiger partial charge >= 0.3 is 6.16 Å². The van der Waals surface area contributed by atoms with Gasteiger partial charge in [-0.1, -0.05) is 30.3 Å². The van der Waals surface area contributed by atoms with Gasteiger partial charge in [0, 0.05) is 23.4 Å². The molecule has 0 bridgehead atoms. The summed E-state index contributed by atoms with van der Waals surface area (Å²) < 4.78 is 9.70. The standard InChI is InChI=1S/C26H26N2O5/c1-3-32-26(31)33-23-14-11-20(12-15-23)25(30)28-22-10-6-9-21(17-22)27-24(29)16-13-19-8-5-4-7-18(19)2/h4-12,14-15,17H,3,13,16H2,1-2H3,(H,27,29)(H,28,30). The molecular weight excluding hydrogens is 420 g/mol. The second-order valence-electron chi connectivity index (χ2n) is 7.32. The molecule has 0 spiro atoms. The summed E-state index contributed by atoms with van der Waals surface area (Å²) in [7, 11) is 0. The highest BCUT2D eigenvalue weighted by Crippen LogP contribution is 2.18. The van der Waals surface area contributed by atoms with Crippen LogP contribution in [0.25, 0.3) is 0 Å². The summed E-state index contributed by atoms with van der Waals surface area (Å²) in [6.45, 7) is 3.92.